The molecule has 0 aromatic heterocycles. The number of hydrogen-bond acceptors (Lipinski definition) is 5. The second-order valence-electron chi connectivity index (χ2n) is 0.408. The molecule has 0 fully saturated rings. The Morgan fingerprint density at radius 3 is 1.12 bits per heavy atom. The summed E-state index contributed by atoms with van der Waals surface area (Å²) < 4.78 is 42.5. The first-order valence-corrected chi connectivity index (χ1v) is 3.50. The first-order chi connectivity index (χ1) is 3.00. The third-order valence-corrected chi connectivity index (χ3v) is 0. The van der Waals surface area contributed by atoms with Crippen LogP contribution in [0.3, 0.4) is 0 Å². The van der Waals surface area contributed by atoms with Crippen molar-refractivity contribution in [1.82, 2.24) is 0 Å². The molecule has 0 rings (SSSR count). The molecule has 0 atom stereocenters. The molecular formula is BaO5SZn. The summed E-state index contributed by atoms with van der Waals surface area (Å²) in [6.07, 6.45) is 0. The van der Waals surface area contributed by atoms with Crippen LogP contribution in [-0.4, -0.2) is 66.4 Å². The van der Waals surface area contributed by atoms with Crippen molar-refractivity contribution in [3.05, 3.63) is 0 Å². The van der Waals surface area contributed by atoms with Gasteiger partial charge in [0.15, 0.2) is 0 Å². The molecule has 0 aliphatic rings. The predicted octanol–water partition coefficient (Wildman–Crippen LogP) is -1.84. The average Bonchev–Trinajstić information content (AvgIpc) is 1.36. The Bertz CT molecular complexity index is 106. The van der Waals surface area contributed by atoms with Gasteiger partial charge in [-0.2, -0.15) is 0 Å². The second-order valence-corrected chi connectivity index (χ2v) is 1.22. The summed E-state index contributed by atoms with van der Waals surface area (Å²) in [5.41, 5.74) is 0. The quantitative estimate of drug-likeness (QED) is 0.297. The van der Waals surface area contributed by atoms with E-state index in [0.29, 0.717) is 0 Å². The molecule has 8 heteroatoms. The van der Waals surface area contributed by atoms with Crippen molar-refractivity contribution in [1.29, 1.82) is 0 Å². The number of rotatable bonds is 0. The third-order valence-electron chi connectivity index (χ3n) is 0. The molecule has 0 unspecified atom stereocenters. The molecule has 0 bridgehead atoms. The molecule has 0 aliphatic carbocycles. The summed E-state index contributed by atoms with van der Waals surface area (Å²) in [6, 6.07) is 0. The van der Waals surface area contributed by atoms with Crippen LogP contribution in [0.15, 0.2) is 0 Å². The zero-order valence-electron chi connectivity index (χ0n) is 3.86. The van der Waals surface area contributed by atoms with Crippen LogP contribution < -0.4 is 0 Å². The molecular weight excluding hydrogens is 315 g/mol. The maximum absolute atomic E-state index is 8.52. The summed E-state index contributed by atoms with van der Waals surface area (Å²) in [6.45, 7) is 0. The van der Waals surface area contributed by atoms with E-state index in [-0.39, 0.29) is 67.1 Å². The van der Waals surface area contributed by atoms with Crippen molar-refractivity contribution in [3.8, 4) is 0 Å². The van der Waals surface area contributed by atoms with Crippen LogP contribution in [0.4, 0.5) is 0 Å². The van der Waals surface area contributed by atoms with Crippen LogP contribution in [0.5, 0.6) is 0 Å². The van der Waals surface area contributed by atoms with Crippen molar-refractivity contribution >= 4 is 59.3 Å². The Morgan fingerprint density at radius 1 is 1.12 bits per heavy atom. The van der Waals surface area contributed by atoms with Gasteiger partial charge in [0, 0.05) is 10.4 Å². The van der Waals surface area contributed by atoms with Crippen LogP contribution in [0.1, 0.15) is 0 Å². The minimum absolute atomic E-state index is 0. The predicted molar refractivity (Wildman–Crippen MR) is 16.9 cm³/mol. The molecule has 8 heavy (non-hydrogen) atoms. The van der Waals surface area contributed by atoms with E-state index < -0.39 is 10.4 Å². The van der Waals surface area contributed by atoms with Crippen LogP contribution in [0.25, 0.3) is 0 Å². The second kappa shape index (κ2) is 8.86. The normalized spacial score (nSPS) is 8.00. The standard InChI is InChI=1S/Ba.H2O4S.O.Zn/c;1-5(2,3)4;;/h;(H2,1,2,3,4);;/q+2;;;/p-2. The molecule has 0 spiro atoms. The van der Waals surface area contributed by atoms with Gasteiger partial charge in [-0.3, -0.25) is 8.42 Å². The summed E-state index contributed by atoms with van der Waals surface area (Å²) in [7, 11) is -5.17. The van der Waals surface area contributed by atoms with E-state index in [9.17, 15) is 0 Å². The monoisotopic (exact) mass is 314 g/mol. The van der Waals surface area contributed by atoms with Crippen LogP contribution in [0, 0.1) is 0 Å². The van der Waals surface area contributed by atoms with Crippen molar-refractivity contribution < 1.29 is 39.3 Å². The molecule has 0 amide bonds. The minimum atomic E-state index is -5.17. The molecule has 0 N–H and O–H groups in total. The van der Waals surface area contributed by atoms with E-state index in [1.165, 1.54) is 0 Å². The molecule has 0 heterocycles. The fraction of sp³-hybridized carbons (Fsp3) is 0. The fourth-order valence-corrected chi connectivity index (χ4v) is 0. The Labute approximate surface area is 96.8 Å². The van der Waals surface area contributed by atoms with Gasteiger partial charge in [-0.15, -0.1) is 0 Å². The zero-order chi connectivity index (χ0) is 6.50. The van der Waals surface area contributed by atoms with Crippen molar-refractivity contribution in [2.24, 2.45) is 0 Å². The average molecular weight is 315 g/mol. The number of hydrogen-bond donors (Lipinski definition) is 0. The Hall–Kier alpha value is 1.86. The Morgan fingerprint density at radius 2 is 1.12 bits per heavy atom. The van der Waals surface area contributed by atoms with E-state index in [2.05, 4.69) is 0 Å². The van der Waals surface area contributed by atoms with Crippen molar-refractivity contribution in [3.63, 3.8) is 0 Å². The van der Waals surface area contributed by atoms with Gasteiger partial charge in [-0.25, -0.2) is 0 Å². The SMILES string of the molecule is O=S(=O)([O-])[O-].[Ba+2].[O]=[Zn]. The molecule has 40 valence electrons. The van der Waals surface area contributed by atoms with E-state index in [1.54, 1.807) is 0 Å². The molecule has 0 saturated heterocycles. The first kappa shape index (κ1) is 16.5. The van der Waals surface area contributed by atoms with Crippen LogP contribution in [0.2, 0.25) is 0 Å². The molecule has 0 radical (unpaired) electrons. The van der Waals surface area contributed by atoms with E-state index in [1.807, 2.05) is 0 Å². The van der Waals surface area contributed by atoms with Gasteiger partial charge in [0.1, 0.15) is 0 Å². The zero-order valence-corrected chi connectivity index (χ0v) is 12.1. The molecule has 0 aromatic rings. The third kappa shape index (κ3) is 107. The van der Waals surface area contributed by atoms with Crippen molar-refractivity contribution in [2.75, 3.05) is 0 Å². The molecule has 0 aliphatic heterocycles. The summed E-state index contributed by atoms with van der Waals surface area (Å²) in [4.78, 5) is 0. The summed E-state index contributed by atoms with van der Waals surface area (Å²) >= 11 is 0.125. The van der Waals surface area contributed by atoms with Gasteiger partial charge in [-0.05, 0) is 0 Å². The van der Waals surface area contributed by atoms with Gasteiger partial charge >= 0.3 is 70.7 Å². The topological polar surface area (TPSA) is 97.3 Å². The summed E-state index contributed by atoms with van der Waals surface area (Å²) in [5.74, 6) is 0. The van der Waals surface area contributed by atoms with Gasteiger partial charge in [0.25, 0.3) is 0 Å². The van der Waals surface area contributed by atoms with Crippen LogP contribution >= 0.6 is 0 Å². The summed E-state index contributed by atoms with van der Waals surface area (Å²) in [5, 5.41) is 0. The van der Waals surface area contributed by atoms with Gasteiger partial charge in [-0.1, -0.05) is 0 Å². The fourth-order valence-electron chi connectivity index (χ4n) is 0. The molecule has 5 nitrogen and oxygen atoms in total. The van der Waals surface area contributed by atoms with E-state index in [4.69, 9.17) is 21.1 Å². The van der Waals surface area contributed by atoms with Gasteiger partial charge in [0.2, 0.25) is 0 Å². The van der Waals surface area contributed by atoms with Crippen LogP contribution in [-0.2, 0) is 32.2 Å². The molecule has 0 saturated carbocycles. The maximum atomic E-state index is 8.52. The molecule has 0 aromatic carbocycles. The Balaban J connectivity index is -0.0000000750. The van der Waals surface area contributed by atoms with Gasteiger partial charge in [0.05, 0.1) is 0 Å². The Kier molecular flexibility index (Phi) is 18.2. The van der Waals surface area contributed by atoms with E-state index >= 15 is 0 Å². The van der Waals surface area contributed by atoms with E-state index in [0.717, 1.165) is 0 Å². The van der Waals surface area contributed by atoms with Gasteiger partial charge < -0.3 is 9.11 Å². The van der Waals surface area contributed by atoms with Crippen molar-refractivity contribution in [2.45, 2.75) is 0 Å². The first-order valence-electron chi connectivity index (χ1n) is 0.955.